The number of hydrogen-bond acceptors (Lipinski definition) is 4. The van der Waals surface area contributed by atoms with E-state index in [1.165, 1.54) is 0 Å². The van der Waals surface area contributed by atoms with Crippen molar-refractivity contribution in [3.63, 3.8) is 0 Å². The molecule has 20 heavy (non-hydrogen) atoms. The van der Waals surface area contributed by atoms with Crippen LogP contribution in [0, 0.1) is 13.8 Å². The molecule has 0 saturated heterocycles. The van der Waals surface area contributed by atoms with Crippen molar-refractivity contribution >= 4 is 40.5 Å². The molecule has 0 aliphatic heterocycles. The van der Waals surface area contributed by atoms with Crippen molar-refractivity contribution < 1.29 is 9.32 Å². The smallest absolute Gasteiger partial charge is 0.229 e. The summed E-state index contributed by atoms with van der Waals surface area (Å²) < 4.78 is 5.01. The molecule has 0 aliphatic rings. The Balaban J connectivity index is 2.13. The van der Waals surface area contributed by atoms with Gasteiger partial charge in [-0.3, -0.25) is 4.79 Å². The Kier molecular flexibility index (Phi) is 4.20. The van der Waals surface area contributed by atoms with Gasteiger partial charge in [0.2, 0.25) is 5.91 Å². The fourth-order valence-corrected chi connectivity index (χ4v) is 2.26. The van der Waals surface area contributed by atoms with Crippen molar-refractivity contribution in [3.05, 3.63) is 39.2 Å². The normalized spacial score (nSPS) is 10.6. The number of benzene rings is 1. The van der Waals surface area contributed by atoms with Gasteiger partial charge in [-0.15, -0.1) is 0 Å². The highest BCUT2D eigenvalue weighted by Gasteiger charge is 2.14. The Labute approximate surface area is 126 Å². The van der Waals surface area contributed by atoms with Gasteiger partial charge < -0.3 is 15.6 Å². The van der Waals surface area contributed by atoms with Crippen molar-refractivity contribution in [2.24, 2.45) is 0 Å². The lowest BCUT2D eigenvalue weighted by Gasteiger charge is -2.08. The molecule has 0 aliphatic carbocycles. The molecule has 2 aromatic rings. The maximum absolute atomic E-state index is 12.0. The van der Waals surface area contributed by atoms with E-state index in [4.69, 9.17) is 33.5 Å². The summed E-state index contributed by atoms with van der Waals surface area (Å²) in [4.78, 5) is 12.0. The zero-order chi connectivity index (χ0) is 14.9. The number of nitrogens with one attached hydrogen (secondary N) is 1. The number of nitrogen functional groups attached to an aromatic ring is 1. The Bertz CT molecular complexity index is 625. The number of nitrogens with two attached hydrogens (primary N) is 1. The van der Waals surface area contributed by atoms with Crippen molar-refractivity contribution in [3.8, 4) is 0 Å². The predicted molar refractivity (Wildman–Crippen MR) is 79.2 cm³/mol. The number of hydrogen-bond donors (Lipinski definition) is 2. The average Bonchev–Trinajstić information content (AvgIpc) is 2.67. The molecule has 3 N–H and O–H groups in total. The third kappa shape index (κ3) is 3.05. The highest BCUT2D eigenvalue weighted by Crippen LogP contribution is 2.31. The third-order valence-electron chi connectivity index (χ3n) is 2.88. The van der Waals surface area contributed by atoms with Crippen LogP contribution in [0.2, 0.25) is 10.0 Å². The molecule has 1 aromatic carbocycles. The van der Waals surface area contributed by atoms with E-state index < -0.39 is 0 Å². The summed E-state index contributed by atoms with van der Waals surface area (Å²) in [6, 6.07) is 3.10. The zero-order valence-corrected chi connectivity index (χ0v) is 12.5. The van der Waals surface area contributed by atoms with Crippen LogP contribution in [0.25, 0.3) is 0 Å². The number of amides is 1. The van der Waals surface area contributed by atoms with E-state index in [0.717, 1.165) is 5.56 Å². The molecule has 1 aromatic heterocycles. The van der Waals surface area contributed by atoms with E-state index >= 15 is 0 Å². The monoisotopic (exact) mass is 313 g/mol. The fraction of sp³-hybridized carbons (Fsp3) is 0.231. The molecular weight excluding hydrogens is 301 g/mol. The maximum atomic E-state index is 12.0. The van der Waals surface area contributed by atoms with Gasteiger partial charge in [-0.25, -0.2) is 0 Å². The minimum atomic E-state index is -0.212. The van der Waals surface area contributed by atoms with E-state index in [9.17, 15) is 4.79 Å². The van der Waals surface area contributed by atoms with Crippen LogP contribution in [0.15, 0.2) is 16.7 Å². The first-order valence-electron chi connectivity index (χ1n) is 5.84. The van der Waals surface area contributed by atoms with E-state index in [0.29, 0.717) is 27.2 Å². The van der Waals surface area contributed by atoms with Crippen molar-refractivity contribution in [1.82, 2.24) is 5.16 Å². The highest BCUT2D eigenvalue weighted by molar-refractivity contribution is 6.39. The second kappa shape index (κ2) is 5.73. The first kappa shape index (κ1) is 14.7. The summed E-state index contributed by atoms with van der Waals surface area (Å²) in [5.74, 6) is 0.419. The van der Waals surface area contributed by atoms with Gasteiger partial charge in [0.15, 0.2) is 0 Å². The quantitative estimate of drug-likeness (QED) is 0.851. The van der Waals surface area contributed by atoms with Gasteiger partial charge in [0.05, 0.1) is 27.8 Å². The molecule has 0 bridgehead atoms. The number of aryl methyl sites for hydroxylation is 2. The van der Waals surface area contributed by atoms with Crippen LogP contribution in [0.5, 0.6) is 0 Å². The highest BCUT2D eigenvalue weighted by atomic mass is 35.5. The van der Waals surface area contributed by atoms with Gasteiger partial charge in [0, 0.05) is 11.3 Å². The zero-order valence-electron chi connectivity index (χ0n) is 11.0. The number of carbonyl (C=O) groups is 1. The summed E-state index contributed by atoms with van der Waals surface area (Å²) in [5.41, 5.74) is 7.89. The molecule has 0 saturated carbocycles. The van der Waals surface area contributed by atoms with Crippen molar-refractivity contribution in [2.75, 3.05) is 11.1 Å². The minimum Gasteiger partial charge on any atom is -0.396 e. The molecule has 1 heterocycles. The molecule has 7 heteroatoms. The van der Waals surface area contributed by atoms with Crippen LogP contribution in [0.3, 0.4) is 0 Å². The Morgan fingerprint density at radius 3 is 2.45 bits per heavy atom. The van der Waals surface area contributed by atoms with Crippen LogP contribution >= 0.6 is 23.2 Å². The topological polar surface area (TPSA) is 81.2 Å². The first-order chi connectivity index (χ1) is 9.38. The summed E-state index contributed by atoms with van der Waals surface area (Å²) in [7, 11) is 0. The van der Waals surface area contributed by atoms with Gasteiger partial charge in [-0.1, -0.05) is 28.4 Å². The van der Waals surface area contributed by atoms with E-state index in [2.05, 4.69) is 10.5 Å². The number of rotatable bonds is 3. The van der Waals surface area contributed by atoms with Crippen LogP contribution in [-0.2, 0) is 11.2 Å². The molecule has 106 valence electrons. The lowest BCUT2D eigenvalue weighted by Crippen LogP contribution is -2.15. The van der Waals surface area contributed by atoms with E-state index in [-0.39, 0.29) is 18.0 Å². The van der Waals surface area contributed by atoms with Gasteiger partial charge >= 0.3 is 0 Å². The molecule has 0 atom stereocenters. The van der Waals surface area contributed by atoms with Crippen LogP contribution in [-0.4, -0.2) is 11.1 Å². The molecule has 0 spiro atoms. The summed E-state index contributed by atoms with van der Waals surface area (Å²) in [5, 5.41) is 7.11. The number of halogens is 2. The lowest BCUT2D eigenvalue weighted by molar-refractivity contribution is -0.115. The predicted octanol–water partition coefficient (Wildman–Crippen LogP) is 3.36. The Hall–Kier alpha value is -1.72. The third-order valence-corrected chi connectivity index (χ3v) is 3.51. The van der Waals surface area contributed by atoms with Crippen molar-refractivity contribution in [2.45, 2.75) is 20.3 Å². The molecule has 0 radical (unpaired) electrons. The Morgan fingerprint density at radius 1 is 1.35 bits per heavy atom. The van der Waals surface area contributed by atoms with E-state index in [1.807, 2.05) is 0 Å². The molecule has 0 fully saturated rings. The summed E-state index contributed by atoms with van der Waals surface area (Å²) >= 11 is 11.8. The van der Waals surface area contributed by atoms with Gasteiger partial charge in [0.1, 0.15) is 5.76 Å². The van der Waals surface area contributed by atoms with Crippen LogP contribution in [0.4, 0.5) is 11.4 Å². The second-order valence-corrected chi connectivity index (χ2v) is 5.20. The number of nitrogens with zero attached hydrogens (tertiary/aromatic N) is 1. The second-order valence-electron chi connectivity index (χ2n) is 4.38. The average molecular weight is 314 g/mol. The minimum absolute atomic E-state index is 0.167. The van der Waals surface area contributed by atoms with E-state index in [1.54, 1.807) is 26.0 Å². The lowest BCUT2D eigenvalue weighted by atomic mass is 10.1. The fourth-order valence-electron chi connectivity index (χ4n) is 1.78. The molecule has 1 amide bonds. The summed E-state index contributed by atoms with van der Waals surface area (Å²) in [6.07, 6.45) is 0.167. The van der Waals surface area contributed by atoms with Crippen LogP contribution < -0.4 is 11.1 Å². The van der Waals surface area contributed by atoms with Crippen LogP contribution in [0.1, 0.15) is 17.0 Å². The summed E-state index contributed by atoms with van der Waals surface area (Å²) in [6.45, 7) is 3.55. The first-order valence-corrected chi connectivity index (χ1v) is 6.60. The van der Waals surface area contributed by atoms with Crippen molar-refractivity contribution in [1.29, 1.82) is 0 Å². The Morgan fingerprint density at radius 2 is 1.95 bits per heavy atom. The SMILES string of the molecule is Cc1noc(C)c1CC(=O)Nc1cc(Cl)c(N)c(Cl)c1. The molecule has 5 nitrogen and oxygen atoms in total. The number of aromatic nitrogens is 1. The molecule has 2 rings (SSSR count). The molecule has 0 unspecified atom stereocenters. The van der Waals surface area contributed by atoms with Gasteiger partial charge in [-0.2, -0.15) is 0 Å². The largest absolute Gasteiger partial charge is 0.396 e. The van der Waals surface area contributed by atoms with Gasteiger partial charge in [0.25, 0.3) is 0 Å². The maximum Gasteiger partial charge on any atom is 0.229 e. The standard InChI is InChI=1S/C13H13Cl2N3O2/c1-6-9(7(2)20-18-6)5-12(19)17-8-3-10(14)13(16)11(15)4-8/h3-4H,5,16H2,1-2H3,(H,17,19). The number of carbonyl (C=O) groups excluding carboxylic acids is 1. The molecular formula is C13H13Cl2N3O2. The number of anilines is 2. The van der Waals surface area contributed by atoms with Gasteiger partial charge in [-0.05, 0) is 26.0 Å².